The second-order valence-corrected chi connectivity index (χ2v) is 5.54. The average molecular weight is 363 g/mol. The first kappa shape index (κ1) is 18.6. The zero-order valence-corrected chi connectivity index (χ0v) is 15.0. The van der Waals surface area contributed by atoms with Crippen molar-refractivity contribution in [2.24, 2.45) is 5.10 Å². The molecule has 0 atom stereocenters. The SMILES string of the molecule is COc1ccc(OC)c(/C=N/NC(=O)COc2ccc(Cl)cc2C)c1. The molecule has 2 aromatic carbocycles. The lowest BCUT2D eigenvalue weighted by Crippen LogP contribution is -2.24. The highest BCUT2D eigenvalue weighted by molar-refractivity contribution is 6.30. The van der Waals surface area contributed by atoms with Crippen LogP contribution in [0.1, 0.15) is 11.1 Å². The molecule has 7 heteroatoms. The van der Waals surface area contributed by atoms with Crippen molar-refractivity contribution in [1.29, 1.82) is 0 Å². The number of benzene rings is 2. The van der Waals surface area contributed by atoms with E-state index in [4.69, 9.17) is 25.8 Å². The summed E-state index contributed by atoms with van der Waals surface area (Å²) in [7, 11) is 3.13. The summed E-state index contributed by atoms with van der Waals surface area (Å²) in [6.45, 7) is 1.70. The molecule has 2 rings (SSSR count). The fourth-order valence-electron chi connectivity index (χ4n) is 2.06. The van der Waals surface area contributed by atoms with Gasteiger partial charge in [0.05, 0.1) is 20.4 Å². The number of hydrazone groups is 1. The molecular weight excluding hydrogens is 344 g/mol. The number of aryl methyl sites for hydroxylation is 1. The van der Waals surface area contributed by atoms with E-state index in [2.05, 4.69) is 10.5 Å². The van der Waals surface area contributed by atoms with Crippen molar-refractivity contribution in [2.75, 3.05) is 20.8 Å². The minimum atomic E-state index is -0.382. The van der Waals surface area contributed by atoms with E-state index in [0.717, 1.165) is 5.56 Å². The van der Waals surface area contributed by atoms with Crippen LogP contribution in [0, 0.1) is 6.92 Å². The lowest BCUT2D eigenvalue weighted by atomic mass is 10.2. The van der Waals surface area contributed by atoms with E-state index in [0.29, 0.717) is 27.8 Å². The van der Waals surface area contributed by atoms with Crippen molar-refractivity contribution in [2.45, 2.75) is 6.92 Å². The Balaban J connectivity index is 1.92. The zero-order chi connectivity index (χ0) is 18.2. The quantitative estimate of drug-likeness (QED) is 0.606. The number of hydrogen-bond donors (Lipinski definition) is 1. The summed E-state index contributed by atoms with van der Waals surface area (Å²) in [6.07, 6.45) is 1.48. The Bertz CT molecular complexity index is 778. The lowest BCUT2D eigenvalue weighted by molar-refractivity contribution is -0.123. The van der Waals surface area contributed by atoms with E-state index in [9.17, 15) is 4.79 Å². The van der Waals surface area contributed by atoms with E-state index < -0.39 is 0 Å². The van der Waals surface area contributed by atoms with Crippen molar-refractivity contribution < 1.29 is 19.0 Å². The monoisotopic (exact) mass is 362 g/mol. The summed E-state index contributed by atoms with van der Waals surface area (Å²) in [6, 6.07) is 10.5. The summed E-state index contributed by atoms with van der Waals surface area (Å²) in [5, 5.41) is 4.53. The Morgan fingerprint density at radius 2 is 1.92 bits per heavy atom. The molecule has 0 unspecified atom stereocenters. The van der Waals surface area contributed by atoms with Crippen molar-refractivity contribution in [3.63, 3.8) is 0 Å². The Morgan fingerprint density at radius 3 is 2.60 bits per heavy atom. The Morgan fingerprint density at radius 1 is 1.16 bits per heavy atom. The molecule has 2 aromatic rings. The van der Waals surface area contributed by atoms with Crippen LogP contribution in [0.25, 0.3) is 0 Å². The van der Waals surface area contributed by atoms with E-state index in [1.807, 2.05) is 6.92 Å². The third kappa shape index (κ3) is 5.39. The topological polar surface area (TPSA) is 69.2 Å². The number of nitrogens with one attached hydrogen (secondary N) is 1. The summed E-state index contributed by atoms with van der Waals surface area (Å²) in [5.41, 5.74) is 3.93. The Labute approximate surface area is 151 Å². The number of carbonyl (C=O) groups excluding carboxylic acids is 1. The minimum Gasteiger partial charge on any atom is -0.497 e. The average Bonchev–Trinajstić information content (AvgIpc) is 2.60. The fraction of sp³-hybridized carbons (Fsp3) is 0.222. The maximum absolute atomic E-state index is 11.8. The standard InChI is InChI=1S/C18H19ClN2O4/c1-12-8-14(19)4-6-16(12)25-11-18(22)21-20-10-13-9-15(23-2)5-7-17(13)24-3/h4-10H,11H2,1-3H3,(H,21,22)/b20-10+. The van der Waals surface area contributed by atoms with Gasteiger partial charge >= 0.3 is 0 Å². The number of rotatable bonds is 7. The van der Waals surface area contributed by atoms with Gasteiger partial charge in [-0.1, -0.05) is 11.6 Å². The molecule has 132 valence electrons. The van der Waals surface area contributed by atoms with Crippen LogP contribution in [0.2, 0.25) is 5.02 Å². The molecule has 25 heavy (non-hydrogen) atoms. The number of halogens is 1. The first-order valence-corrected chi connectivity index (χ1v) is 7.84. The minimum absolute atomic E-state index is 0.158. The Kier molecular flexibility index (Phi) is 6.65. The first-order chi connectivity index (χ1) is 12.0. The van der Waals surface area contributed by atoms with Crippen LogP contribution in [0.15, 0.2) is 41.5 Å². The number of ether oxygens (including phenoxy) is 3. The summed E-state index contributed by atoms with van der Waals surface area (Å²) in [4.78, 5) is 11.8. The lowest BCUT2D eigenvalue weighted by Gasteiger charge is -2.08. The summed E-state index contributed by atoms with van der Waals surface area (Å²) in [5.74, 6) is 1.49. The normalized spacial score (nSPS) is 10.6. The molecule has 0 fully saturated rings. The molecule has 0 saturated carbocycles. The molecular formula is C18H19ClN2O4. The van der Waals surface area contributed by atoms with Gasteiger partial charge in [-0.05, 0) is 48.9 Å². The maximum Gasteiger partial charge on any atom is 0.277 e. The molecule has 0 heterocycles. The van der Waals surface area contributed by atoms with Crippen molar-refractivity contribution in [3.05, 3.63) is 52.5 Å². The molecule has 0 spiro atoms. The third-order valence-electron chi connectivity index (χ3n) is 3.33. The highest BCUT2D eigenvalue weighted by Crippen LogP contribution is 2.22. The van der Waals surface area contributed by atoms with Gasteiger partial charge in [0.25, 0.3) is 5.91 Å². The van der Waals surface area contributed by atoms with Gasteiger partial charge in [0.15, 0.2) is 6.61 Å². The van der Waals surface area contributed by atoms with Gasteiger partial charge in [0, 0.05) is 10.6 Å². The number of methoxy groups -OCH3 is 2. The first-order valence-electron chi connectivity index (χ1n) is 7.46. The Hall–Kier alpha value is -2.73. The molecule has 1 amide bonds. The second-order valence-electron chi connectivity index (χ2n) is 5.10. The van der Waals surface area contributed by atoms with Crippen molar-refractivity contribution in [3.8, 4) is 17.2 Å². The zero-order valence-electron chi connectivity index (χ0n) is 14.2. The summed E-state index contributed by atoms with van der Waals surface area (Å²) >= 11 is 5.88. The predicted molar refractivity (Wildman–Crippen MR) is 97.0 cm³/mol. The number of carbonyl (C=O) groups is 1. The van der Waals surface area contributed by atoms with E-state index in [-0.39, 0.29) is 12.5 Å². The van der Waals surface area contributed by atoms with Crippen LogP contribution in [0.3, 0.4) is 0 Å². The van der Waals surface area contributed by atoms with Gasteiger partial charge in [-0.25, -0.2) is 5.43 Å². The summed E-state index contributed by atoms with van der Waals surface area (Å²) < 4.78 is 15.8. The van der Waals surface area contributed by atoms with Crippen molar-refractivity contribution >= 4 is 23.7 Å². The van der Waals surface area contributed by atoms with Crippen LogP contribution in [0.5, 0.6) is 17.2 Å². The molecule has 0 radical (unpaired) electrons. The van der Waals surface area contributed by atoms with Crippen LogP contribution in [0.4, 0.5) is 0 Å². The molecule has 0 aliphatic rings. The second kappa shape index (κ2) is 8.94. The molecule has 6 nitrogen and oxygen atoms in total. The highest BCUT2D eigenvalue weighted by atomic mass is 35.5. The smallest absolute Gasteiger partial charge is 0.277 e. The van der Waals surface area contributed by atoms with Gasteiger partial charge in [-0.2, -0.15) is 5.10 Å². The van der Waals surface area contributed by atoms with E-state index in [1.54, 1.807) is 50.6 Å². The van der Waals surface area contributed by atoms with Gasteiger partial charge < -0.3 is 14.2 Å². The molecule has 0 aliphatic carbocycles. The number of nitrogens with zero attached hydrogens (tertiary/aromatic N) is 1. The highest BCUT2D eigenvalue weighted by Gasteiger charge is 2.06. The number of amides is 1. The van der Waals surface area contributed by atoms with Crippen LogP contribution in [-0.4, -0.2) is 32.9 Å². The van der Waals surface area contributed by atoms with E-state index in [1.165, 1.54) is 6.21 Å². The van der Waals surface area contributed by atoms with Gasteiger partial charge in [-0.3, -0.25) is 4.79 Å². The van der Waals surface area contributed by atoms with E-state index >= 15 is 0 Å². The van der Waals surface area contributed by atoms with Crippen LogP contribution >= 0.6 is 11.6 Å². The van der Waals surface area contributed by atoms with Gasteiger partial charge in [-0.15, -0.1) is 0 Å². The van der Waals surface area contributed by atoms with Crippen molar-refractivity contribution in [1.82, 2.24) is 5.43 Å². The van der Waals surface area contributed by atoms with Gasteiger partial charge in [0.1, 0.15) is 17.2 Å². The maximum atomic E-state index is 11.8. The molecule has 0 bridgehead atoms. The predicted octanol–water partition coefficient (Wildman–Crippen LogP) is 3.19. The van der Waals surface area contributed by atoms with Crippen LogP contribution < -0.4 is 19.6 Å². The fourth-order valence-corrected chi connectivity index (χ4v) is 2.29. The van der Waals surface area contributed by atoms with Gasteiger partial charge in [0.2, 0.25) is 0 Å². The largest absolute Gasteiger partial charge is 0.497 e. The molecule has 0 aromatic heterocycles. The van der Waals surface area contributed by atoms with Crippen LogP contribution in [-0.2, 0) is 4.79 Å². The molecule has 1 N–H and O–H groups in total. The molecule has 0 aliphatic heterocycles. The molecule has 0 saturated heterocycles. The number of hydrogen-bond acceptors (Lipinski definition) is 5. The third-order valence-corrected chi connectivity index (χ3v) is 3.56.